The molecule has 0 spiro atoms. The zero-order valence-corrected chi connectivity index (χ0v) is 11.8. The van der Waals surface area contributed by atoms with Gasteiger partial charge in [0.05, 0.1) is 5.69 Å². The Hall–Kier alpha value is -1.50. The van der Waals surface area contributed by atoms with Gasteiger partial charge >= 0.3 is 5.97 Å². The summed E-state index contributed by atoms with van der Waals surface area (Å²) in [4.78, 5) is 23.3. The Morgan fingerprint density at radius 1 is 1.58 bits per heavy atom. The number of thioether (sulfide) groups is 1. The second-order valence-corrected chi connectivity index (χ2v) is 5.93. The van der Waals surface area contributed by atoms with Crippen molar-refractivity contribution in [2.45, 2.75) is 32.4 Å². The molecule has 0 saturated carbocycles. The van der Waals surface area contributed by atoms with Crippen LogP contribution in [0, 0.1) is 13.8 Å². The van der Waals surface area contributed by atoms with Gasteiger partial charge in [0.1, 0.15) is 12.1 Å². The molecular weight excluding hydrogens is 266 g/mol. The molecule has 1 aliphatic heterocycles. The van der Waals surface area contributed by atoms with Gasteiger partial charge in [0.15, 0.2) is 0 Å². The maximum absolute atomic E-state index is 12.0. The van der Waals surface area contributed by atoms with Crippen molar-refractivity contribution in [1.82, 2.24) is 15.1 Å². The summed E-state index contributed by atoms with van der Waals surface area (Å²) in [7, 11) is 0. The van der Waals surface area contributed by atoms with E-state index < -0.39 is 11.5 Å². The van der Waals surface area contributed by atoms with Crippen molar-refractivity contribution >= 4 is 23.6 Å². The van der Waals surface area contributed by atoms with E-state index in [2.05, 4.69) is 10.4 Å². The number of rotatable bonds is 4. The van der Waals surface area contributed by atoms with Crippen LogP contribution in [0.5, 0.6) is 0 Å². The number of nitrogens with one attached hydrogen (secondary N) is 1. The van der Waals surface area contributed by atoms with Crippen molar-refractivity contribution in [3.63, 3.8) is 0 Å². The van der Waals surface area contributed by atoms with Gasteiger partial charge in [-0.05, 0) is 32.1 Å². The maximum atomic E-state index is 12.0. The number of aromatic nitrogens is 2. The van der Waals surface area contributed by atoms with E-state index in [1.165, 1.54) is 0 Å². The smallest absolute Gasteiger partial charge is 0.330 e. The fraction of sp³-hybridized carbons (Fsp3) is 0.583. The minimum Gasteiger partial charge on any atom is -0.479 e. The number of carboxylic acids is 1. The van der Waals surface area contributed by atoms with Gasteiger partial charge in [-0.15, -0.1) is 0 Å². The molecule has 7 heteroatoms. The summed E-state index contributed by atoms with van der Waals surface area (Å²) >= 11 is 1.55. The van der Waals surface area contributed by atoms with Crippen molar-refractivity contribution in [3.05, 3.63) is 17.5 Å². The summed E-state index contributed by atoms with van der Waals surface area (Å²) in [6, 6.07) is 1.88. The average Bonchev–Trinajstić information content (AvgIpc) is 2.88. The lowest BCUT2D eigenvalue weighted by atomic mass is 9.99. The largest absolute Gasteiger partial charge is 0.479 e. The first kappa shape index (κ1) is 13.9. The number of carbonyl (C=O) groups excluding carboxylic acids is 1. The van der Waals surface area contributed by atoms with Crippen molar-refractivity contribution in [2.75, 3.05) is 11.5 Å². The summed E-state index contributed by atoms with van der Waals surface area (Å²) < 4.78 is 1.59. The number of nitrogens with zero attached hydrogens (tertiary/aromatic N) is 2. The van der Waals surface area contributed by atoms with E-state index in [9.17, 15) is 14.7 Å². The summed E-state index contributed by atoms with van der Waals surface area (Å²) in [6.07, 6.45) is 0.468. The summed E-state index contributed by atoms with van der Waals surface area (Å²) in [5.41, 5.74) is 0.616. The van der Waals surface area contributed by atoms with Crippen LogP contribution in [0.25, 0.3) is 0 Å². The van der Waals surface area contributed by atoms with E-state index in [0.717, 1.165) is 17.1 Å². The molecule has 0 bridgehead atoms. The Labute approximate surface area is 115 Å². The number of hydrogen-bond acceptors (Lipinski definition) is 4. The fourth-order valence-electron chi connectivity index (χ4n) is 2.16. The monoisotopic (exact) mass is 283 g/mol. The van der Waals surface area contributed by atoms with Crippen molar-refractivity contribution in [3.8, 4) is 0 Å². The first-order valence-electron chi connectivity index (χ1n) is 6.06. The van der Waals surface area contributed by atoms with Crippen molar-refractivity contribution in [2.24, 2.45) is 0 Å². The molecule has 1 saturated heterocycles. The van der Waals surface area contributed by atoms with Gasteiger partial charge in [-0.1, -0.05) is 0 Å². The van der Waals surface area contributed by atoms with E-state index in [1.54, 1.807) is 16.4 Å². The third-order valence-corrected chi connectivity index (χ3v) is 4.40. The quantitative estimate of drug-likeness (QED) is 0.844. The topological polar surface area (TPSA) is 84.2 Å². The van der Waals surface area contributed by atoms with Crippen LogP contribution in [0.3, 0.4) is 0 Å². The highest BCUT2D eigenvalue weighted by atomic mass is 32.2. The van der Waals surface area contributed by atoms with Crippen LogP contribution in [0.1, 0.15) is 17.8 Å². The van der Waals surface area contributed by atoms with E-state index in [4.69, 9.17) is 0 Å². The molecule has 0 radical (unpaired) electrons. The fourth-order valence-corrected chi connectivity index (χ4v) is 3.49. The minimum atomic E-state index is -1.11. The van der Waals surface area contributed by atoms with Gasteiger partial charge in [0.25, 0.3) is 0 Å². The molecule has 19 heavy (non-hydrogen) atoms. The van der Waals surface area contributed by atoms with Crippen LogP contribution in [-0.2, 0) is 16.1 Å². The molecular formula is C12H17N3O3S. The minimum absolute atomic E-state index is 0.0549. The zero-order valence-electron chi connectivity index (χ0n) is 11.0. The molecule has 2 rings (SSSR count). The summed E-state index contributed by atoms with van der Waals surface area (Å²) in [6.45, 7) is 3.78. The summed E-state index contributed by atoms with van der Waals surface area (Å²) in [5.74, 6) is -0.0900. The molecule has 1 aromatic heterocycles. The molecule has 1 fully saturated rings. The molecule has 0 aliphatic carbocycles. The molecule has 2 heterocycles. The van der Waals surface area contributed by atoms with E-state index >= 15 is 0 Å². The first-order chi connectivity index (χ1) is 8.93. The van der Waals surface area contributed by atoms with Crippen LogP contribution in [0.15, 0.2) is 6.07 Å². The molecule has 2 N–H and O–H groups in total. The average molecular weight is 283 g/mol. The number of amides is 1. The molecule has 6 nitrogen and oxygen atoms in total. The predicted octanol–water partition coefficient (Wildman–Crippen LogP) is 0.576. The SMILES string of the molecule is Cc1cc(C)n(CC(=O)N[C@@]2(C(=O)O)CCSC2)n1. The number of aryl methyl sites for hydroxylation is 2. The van der Waals surface area contributed by atoms with Gasteiger partial charge in [-0.2, -0.15) is 16.9 Å². The molecule has 1 aromatic rings. The third-order valence-electron chi connectivity index (χ3n) is 3.21. The van der Waals surface area contributed by atoms with Crippen molar-refractivity contribution in [1.29, 1.82) is 0 Å². The van der Waals surface area contributed by atoms with E-state index in [0.29, 0.717) is 12.2 Å². The lowest BCUT2D eigenvalue weighted by Gasteiger charge is -2.24. The van der Waals surface area contributed by atoms with Crippen LogP contribution >= 0.6 is 11.8 Å². The Morgan fingerprint density at radius 2 is 2.32 bits per heavy atom. The number of hydrogen-bond donors (Lipinski definition) is 2. The van der Waals surface area contributed by atoms with Gasteiger partial charge < -0.3 is 10.4 Å². The van der Waals surface area contributed by atoms with Crippen LogP contribution in [0.4, 0.5) is 0 Å². The molecule has 0 aromatic carbocycles. The van der Waals surface area contributed by atoms with Crippen LogP contribution in [-0.4, -0.2) is 43.8 Å². The summed E-state index contributed by atoms with van der Waals surface area (Å²) in [5, 5.41) is 16.1. The first-order valence-corrected chi connectivity index (χ1v) is 7.22. The van der Waals surface area contributed by atoms with E-state index in [-0.39, 0.29) is 12.5 Å². The zero-order chi connectivity index (χ0) is 14.0. The molecule has 0 unspecified atom stereocenters. The van der Waals surface area contributed by atoms with Gasteiger partial charge in [0.2, 0.25) is 5.91 Å². The van der Waals surface area contributed by atoms with E-state index in [1.807, 2.05) is 19.9 Å². The molecule has 104 valence electrons. The van der Waals surface area contributed by atoms with Crippen molar-refractivity contribution < 1.29 is 14.7 Å². The Balaban J connectivity index is 2.04. The number of aliphatic carboxylic acids is 1. The second kappa shape index (κ2) is 5.24. The molecule has 1 aliphatic rings. The highest BCUT2D eigenvalue weighted by Gasteiger charge is 2.43. The standard InChI is InChI=1S/C12H17N3O3S/c1-8-5-9(2)15(14-8)6-10(16)13-12(11(17)18)3-4-19-7-12/h5H,3-4,6-7H2,1-2H3,(H,13,16)(H,17,18)/t12-/m0/s1. The van der Waals surface area contributed by atoms with Gasteiger partial charge in [0, 0.05) is 11.4 Å². The molecule has 1 atom stereocenters. The number of carboxylic acid groups (broad SMARTS) is 1. The number of carbonyl (C=O) groups is 2. The predicted molar refractivity (Wildman–Crippen MR) is 72.2 cm³/mol. The highest BCUT2D eigenvalue weighted by molar-refractivity contribution is 7.99. The normalized spacial score (nSPS) is 22.4. The molecule has 1 amide bonds. The lowest BCUT2D eigenvalue weighted by Crippen LogP contribution is -2.55. The highest BCUT2D eigenvalue weighted by Crippen LogP contribution is 2.28. The van der Waals surface area contributed by atoms with Gasteiger partial charge in [-0.3, -0.25) is 9.48 Å². The Bertz CT molecular complexity index is 506. The third kappa shape index (κ3) is 2.91. The van der Waals surface area contributed by atoms with Crippen LogP contribution < -0.4 is 5.32 Å². The van der Waals surface area contributed by atoms with Gasteiger partial charge in [-0.25, -0.2) is 4.79 Å². The second-order valence-electron chi connectivity index (χ2n) is 4.82. The Morgan fingerprint density at radius 3 is 2.79 bits per heavy atom. The maximum Gasteiger partial charge on any atom is 0.330 e. The Kier molecular flexibility index (Phi) is 3.84. The van der Waals surface area contributed by atoms with Crippen LogP contribution in [0.2, 0.25) is 0 Å². The lowest BCUT2D eigenvalue weighted by molar-refractivity contribution is -0.146.